The van der Waals surface area contributed by atoms with E-state index in [1.165, 1.54) is 0 Å². The number of hydrogen-bond donors (Lipinski definition) is 0. The lowest BCUT2D eigenvalue weighted by Gasteiger charge is -2.21. The summed E-state index contributed by atoms with van der Waals surface area (Å²) in [6.45, 7) is 8.33. The molecule has 1 rings (SSSR count). The van der Waals surface area contributed by atoms with Crippen molar-refractivity contribution in [3.63, 3.8) is 0 Å². The molecular formula is C10H19NO. The lowest BCUT2D eigenvalue weighted by atomic mass is 10.1. The number of amides is 1. The molecular weight excluding hydrogens is 150 g/mol. The summed E-state index contributed by atoms with van der Waals surface area (Å²) < 4.78 is 0. The molecule has 1 aliphatic carbocycles. The van der Waals surface area contributed by atoms with E-state index in [1.807, 2.05) is 25.8 Å². The topological polar surface area (TPSA) is 20.3 Å². The summed E-state index contributed by atoms with van der Waals surface area (Å²) in [7, 11) is 1.92. The summed E-state index contributed by atoms with van der Waals surface area (Å²) in [4.78, 5) is 13.4. The minimum atomic E-state index is 0.131. The van der Waals surface area contributed by atoms with Crippen molar-refractivity contribution in [1.82, 2.24) is 4.90 Å². The summed E-state index contributed by atoms with van der Waals surface area (Å²) in [6.07, 6.45) is 1.15. The predicted octanol–water partition coefficient (Wildman–Crippen LogP) is 1.90. The Morgan fingerprint density at radius 2 is 1.92 bits per heavy atom. The molecule has 2 heteroatoms. The summed E-state index contributed by atoms with van der Waals surface area (Å²) in [5, 5.41) is 0. The van der Waals surface area contributed by atoms with Gasteiger partial charge in [-0.2, -0.15) is 0 Å². The van der Waals surface area contributed by atoms with Gasteiger partial charge in [0.15, 0.2) is 0 Å². The average Bonchev–Trinajstić information content (AvgIpc) is 2.56. The van der Waals surface area contributed by atoms with Gasteiger partial charge in [0.05, 0.1) is 0 Å². The fraction of sp³-hybridized carbons (Fsp3) is 0.900. The molecule has 1 amide bonds. The van der Waals surface area contributed by atoms with Crippen molar-refractivity contribution in [2.24, 2.45) is 11.3 Å². The summed E-state index contributed by atoms with van der Waals surface area (Å²) in [6, 6.07) is 0.479. The van der Waals surface area contributed by atoms with E-state index in [4.69, 9.17) is 0 Å². The quantitative estimate of drug-likeness (QED) is 0.618. The molecule has 0 radical (unpaired) electrons. The Kier molecular flexibility index (Phi) is 2.19. The van der Waals surface area contributed by atoms with E-state index in [0.29, 0.717) is 11.5 Å². The highest BCUT2D eigenvalue weighted by atomic mass is 16.2. The van der Waals surface area contributed by atoms with Crippen LogP contribution in [0.4, 0.5) is 0 Å². The first-order chi connectivity index (χ1) is 5.36. The van der Waals surface area contributed by atoms with Crippen LogP contribution >= 0.6 is 0 Å². The molecule has 1 fully saturated rings. The zero-order chi connectivity index (χ0) is 9.52. The van der Waals surface area contributed by atoms with Crippen molar-refractivity contribution in [2.45, 2.75) is 40.2 Å². The van der Waals surface area contributed by atoms with E-state index in [0.717, 1.165) is 6.42 Å². The third-order valence-electron chi connectivity index (χ3n) is 2.77. The minimum absolute atomic E-state index is 0.131. The Morgan fingerprint density at radius 1 is 1.50 bits per heavy atom. The van der Waals surface area contributed by atoms with Gasteiger partial charge in [0.2, 0.25) is 5.91 Å². The van der Waals surface area contributed by atoms with Gasteiger partial charge in [-0.1, -0.05) is 27.7 Å². The van der Waals surface area contributed by atoms with Crippen molar-refractivity contribution < 1.29 is 4.79 Å². The van der Waals surface area contributed by atoms with Crippen LogP contribution in [0.5, 0.6) is 0 Å². The highest BCUT2D eigenvalue weighted by Crippen LogP contribution is 2.48. The first kappa shape index (κ1) is 9.56. The fourth-order valence-corrected chi connectivity index (χ4v) is 1.66. The van der Waals surface area contributed by atoms with Gasteiger partial charge in [0.1, 0.15) is 0 Å². The molecule has 0 bridgehead atoms. The number of nitrogens with zero attached hydrogens (tertiary/aromatic N) is 1. The standard InChI is InChI=1S/C10H19NO/c1-7(2)9(12)11(5)8-6-10(8,3)4/h7-8H,6H2,1-5H3. The molecule has 0 aromatic carbocycles. The minimum Gasteiger partial charge on any atom is -0.342 e. The van der Waals surface area contributed by atoms with Crippen molar-refractivity contribution >= 4 is 5.91 Å². The summed E-state index contributed by atoms with van der Waals surface area (Å²) in [5.74, 6) is 0.400. The molecule has 0 aromatic heterocycles. The molecule has 0 spiro atoms. The van der Waals surface area contributed by atoms with Crippen molar-refractivity contribution in [1.29, 1.82) is 0 Å². The molecule has 1 unspecified atom stereocenters. The lowest BCUT2D eigenvalue weighted by Crippen LogP contribution is -2.34. The van der Waals surface area contributed by atoms with E-state index in [2.05, 4.69) is 13.8 Å². The molecule has 0 aliphatic heterocycles. The zero-order valence-corrected chi connectivity index (χ0v) is 8.72. The van der Waals surface area contributed by atoms with Crippen LogP contribution in [0.1, 0.15) is 34.1 Å². The number of carbonyl (C=O) groups excluding carboxylic acids is 1. The second-order valence-corrected chi connectivity index (χ2v) is 4.81. The maximum Gasteiger partial charge on any atom is 0.225 e. The summed E-state index contributed by atoms with van der Waals surface area (Å²) in [5.41, 5.74) is 0.360. The van der Waals surface area contributed by atoms with Crippen LogP contribution in [-0.2, 0) is 4.79 Å². The van der Waals surface area contributed by atoms with Crippen LogP contribution in [0.3, 0.4) is 0 Å². The van der Waals surface area contributed by atoms with Gasteiger partial charge in [0.25, 0.3) is 0 Å². The molecule has 0 N–H and O–H groups in total. The van der Waals surface area contributed by atoms with Gasteiger partial charge < -0.3 is 4.90 Å². The molecule has 1 saturated carbocycles. The third kappa shape index (κ3) is 1.62. The number of hydrogen-bond acceptors (Lipinski definition) is 1. The SMILES string of the molecule is CC(C)C(=O)N(C)C1CC1(C)C. The first-order valence-electron chi connectivity index (χ1n) is 4.63. The molecule has 12 heavy (non-hydrogen) atoms. The normalized spacial score (nSPS) is 25.7. The second kappa shape index (κ2) is 2.75. The van der Waals surface area contributed by atoms with Crippen LogP contribution in [0.2, 0.25) is 0 Å². The van der Waals surface area contributed by atoms with Crippen LogP contribution in [0.15, 0.2) is 0 Å². The molecule has 2 nitrogen and oxygen atoms in total. The van der Waals surface area contributed by atoms with E-state index in [1.54, 1.807) is 0 Å². The maximum atomic E-state index is 11.5. The molecule has 0 saturated heterocycles. The van der Waals surface area contributed by atoms with E-state index in [9.17, 15) is 4.79 Å². The van der Waals surface area contributed by atoms with Crippen molar-refractivity contribution in [3.05, 3.63) is 0 Å². The van der Waals surface area contributed by atoms with Gasteiger partial charge in [-0.3, -0.25) is 4.79 Å². The van der Waals surface area contributed by atoms with Crippen molar-refractivity contribution in [3.8, 4) is 0 Å². The van der Waals surface area contributed by atoms with E-state index >= 15 is 0 Å². The zero-order valence-electron chi connectivity index (χ0n) is 8.72. The van der Waals surface area contributed by atoms with Gasteiger partial charge in [0, 0.05) is 19.0 Å². The van der Waals surface area contributed by atoms with Gasteiger partial charge in [-0.25, -0.2) is 0 Å². The Balaban J connectivity index is 2.50. The maximum absolute atomic E-state index is 11.5. The van der Waals surface area contributed by atoms with Crippen LogP contribution < -0.4 is 0 Å². The van der Waals surface area contributed by atoms with Gasteiger partial charge in [-0.15, -0.1) is 0 Å². The Labute approximate surface area is 74.9 Å². The average molecular weight is 169 g/mol. The monoisotopic (exact) mass is 169 g/mol. The molecule has 1 aliphatic rings. The smallest absolute Gasteiger partial charge is 0.225 e. The fourth-order valence-electron chi connectivity index (χ4n) is 1.66. The third-order valence-corrected chi connectivity index (χ3v) is 2.77. The number of rotatable bonds is 2. The Hall–Kier alpha value is -0.530. The largest absolute Gasteiger partial charge is 0.342 e. The highest BCUT2D eigenvalue weighted by molar-refractivity contribution is 5.78. The van der Waals surface area contributed by atoms with Gasteiger partial charge >= 0.3 is 0 Å². The second-order valence-electron chi connectivity index (χ2n) is 4.81. The van der Waals surface area contributed by atoms with Crippen LogP contribution in [0.25, 0.3) is 0 Å². The predicted molar refractivity (Wildman–Crippen MR) is 49.8 cm³/mol. The lowest BCUT2D eigenvalue weighted by molar-refractivity contribution is -0.134. The molecule has 70 valence electrons. The van der Waals surface area contributed by atoms with E-state index in [-0.39, 0.29) is 11.8 Å². The Morgan fingerprint density at radius 3 is 2.17 bits per heavy atom. The van der Waals surface area contributed by atoms with Crippen molar-refractivity contribution in [2.75, 3.05) is 7.05 Å². The number of carbonyl (C=O) groups is 1. The van der Waals surface area contributed by atoms with Crippen LogP contribution in [0, 0.1) is 11.3 Å². The first-order valence-corrected chi connectivity index (χ1v) is 4.63. The highest BCUT2D eigenvalue weighted by Gasteiger charge is 2.49. The van der Waals surface area contributed by atoms with E-state index < -0.39 is 0 Å². The summed E-state index contributed by atoms with van der Waals surface area (Å²) >= 11 is 0. The molecule has 1 atom stereocenters. The molecule has 0 heterocycles. The van der Waals surface area contributed by atoms with Crippen LogP contribution in [-0.4, -0.2) is 23.9 Å². The molecule has 0 aromatic rings. The Bertz CT molecular complexity index is 196. The van der Waals surface area contributed by atoms with Gasteiger partial charge in [-0.05, 0) is 11.8 Å².